The van der Waals surface area contributed by atoms with Gasteiger partial charge in [0.1, 0.15) is 0 Å². The zero-order chi connectivity index (χ0) is 15.1. The van der Waals surface area contributed by atoms with E-state index in [2.05, 4.69) is 10.1 Å². The fourth-order valence-corrected chi connectivity index (χ4v) is 2.68. The first-order valence-electron chi connectivity index (χ1n) is 7.42. The molecule has 0 unspecified atom stereocenters. The standard InChI is InChI=1S/C16H17N5O/c1-19-11-17-9-15(19)10-20(13-2-3-13)16(22)12-5-7-21-14(8-12)4-6-18-21/h4-9,11,13H,2-3,10H2,1H3. The molecule has 3 aromatic rings. The number of aryl methyl sites for hydroxylation is 1. The van der Waals surface area contributed by atoms with E-state index in [0.717, 1.165) is 24.1 Å². The number of hydrogen-bond donors (Lipinski definition) is 0. The number of carbonyl (C=O) groups is 1. The zero-order valence-corrected chi connectivity index (χ0v) is 12.4. The lowest BCUT2D eigenvalue weighted by Gasteiger charge is -2.22. The average molecular weight is 295 g/mol. The number of amides is 1. The minimum absolute atomic E-state index is 0.0763. The first-order chi connectivity index (χ1) is 10.7. The van der Waals surface area contributed by atoms with E-state index in [1.54, 1.807) is 17.0 Å². The smallest absolute Gasteiger partial charge is 0.254 e. The monoisotopic (exact) mass is 295 g/mol. The summed E-state index contributed by atoms with van der Waals surface area (Å²) in [5, 5.41) is 4.16. The third-order valence-corrected chi connectivity index (χ3v) is 4.14. The minimum Gasteiger partial charge on any atom is -0.336 e. The summed E-state index contributed by atoms with van der Waals surface area (Å²) in [4.78, 5) is 19.0. The molecule has 3 heterocycles. The van der Waals surface area contributed by atoms with Gasteiger partial charge in [0, 0.05) is 37.2 Å². The van der Waals surface area contributed by atoms with Crippen molar-refractivity contribution in [3.05, 3.63) is 54.4 Å². The molecule has 4 rings (SSSR count). The second kappa shape index (κ2) is 4.98. The summed E-state index contributed by atoms with van der Waals surface area (Å²) in [5.74, 6) is 0.0763. The van der Waals surface area contributed by atoms with Crippen molar-refractivity contribution in [2.24, 2.45) is 7.05 Å². The molecule has 1 fully saturated rings. The highest BCUT2D eigenvalue weighted by molar-refractivity contribution is 5.95. The normalized spacial score (nSPS) is 14.4. The van der Waals surface area contributed by atoms with Gasteiger partial charge in [0.25, 0.3) is 5.91 Å². The van der Waals surface area contributed by atoms with Crippen molar-refractivity contribution >= 4 is 11.4 Å². The largest absolute Gasteiger partial charge is 0.336 e. The average Bonchev–Trinajstić information content (AvgIpc) is 3.12. The van der Waals surface area contributed by atoms with Gasteiger partial charge in [-0.3, -0.25) is 4.79 Å². The Bertz CT molecular complexity index is 830. The van der Waals surface area contributed by atoms with Crippen LogP contribution in [0.2, 0.25) is 0 Å². The molecular weight excluding hydrogens is 278 g/mol. The second-order valence-electron chi connectivity index (χ2n) is 5.78. The third-order valence-electron chi connectivity index (χ3n) is 4.14. The molecule has 0 bridgehead atoms. The van der Waals surface area contributed by atoms with E-state index in [4.69, 9.17) is 0 Å². The molecule has 0 saturated heterocycles. The first kappa shape index (κ1) is 13.1. The third kappa shape index (κ3) is 2.26. The molecule has 112 valence electrons. The summed E-state index contributed by atoms with van der Waals surface area (Å²) in [5.41, 5.74) is 2.69. The van der Waals surface area contributed by atoms with Crippen LogP contribution in [0.25, 0.3) is 5.52 Å². The summed E-state index contributed by atoms with van der Waals surface area (Å²) in [6.45, 7) is 0.602. The molecule has 1 saturated carbocycles. The Labute approximate surface area is 128 Å². The highest BCUT2D eigenvalue weighted by Crippen LogP contribution is 2.30. The van der Waals surface area contributed by atoms with Gasteiger partial charge in [0.05, 0.1) is 24.1 Å². The van der Waals surface area contributed by atoms with Crippen molar-refractivity contribution in [2.45, 2.75) is 25.4 Å². The van der Waals surface area contributed by atoms with E-state index < -0.39 is 0 Å². The van der Waals surface area contributed by atoms with Crippen LogP contribution in [0, 0.1) is 0 Å². The lowest BCUT2D eigenvalue weighted by molar-refractivity contribution is 0.0726. The molecule has 3 aromatic heterocycles. The summed E-state index contributed by atoms with van der Waals surface area (Å²) in [6.07, 6.45) is 9.32. The Hall–Kier alpha value is -2.63. The SMILES string of the molecule is Cn1cncc1CN(C(=O)c1ccn2nccc2c1)C1CC1. The van der Waals surface area contributed by atoms with Gasteiger partial charge in [0.15, 0.2) is 0 Å². The van der Waals surface area contributed by atoms with Gasteiger partial charge >= 0.3 is 0 Å². The van der Waals surface area contributed by atoms with E-state index in [1.807, 2.05) is 47.1 Å². The maximum Gasteiger partial charge on any atom is 0.254 e. The predicted octanol–water partition coefficient (Wildman–Crippen LogP) is 1.87. The van der Waals surface area contributed by atoms with Crippen molar-refractivity contribution in [3.63, 3.8) is 0 Å². The van der Waals surface area contributed by atoms with Crippen LogP contribution in [0.1, 0.15) is 28.9 Å². The first-order valence-corrected chi connectivity index (χ1v) is 7.42. The summed E-state index contributed by atoms with van der Waals surface area (Å²) in [6, 6.07) is 5.98. The highest BCUT2D eigenvalue weighted by atomic mass is 16.2. The number of aromatic nitrogens is 4. The second-order valence-corrected chi connectivity index (χ2v) is 5.78. The molecule has 22 heavy (non-hydrogen) atoms. The number of rotatable bonds is 4. The van der Waals surface area contributed by atoms with Crippen molar-refractivity contribution in [1.82, 2.24) is 24.1 Å². The molecule has 1 aliphatic carbocycles. The van der Waals surface area contributed by atoms with E-state index in [9.17, 15) is 4.79 Å². The number of carbonyl (C=O) groups excluding carboxylic acids is 1. The number of imidazole rings is 1. The van der Waals surface area contributed by atoms with Crippen molar-refractivity contribution in [3.8, 4) is 0 Å². The fourth-order valence-electron chi connectivity index (χ4n) is 2.68. The van der Waals surface area contributed by atoms with Gasteiger partial charge in [-0.1, -0.05) is 0 Å². The lowest BCUT2D eigenvalue weighted by atomic mass is 10.2. The van der Waals surface area contributed by atoms with Crippen LogP contribution < -0.4 is 0 Å². The van der Waals surface area contributed by atoms with Crippen LogP contribution in [0.5, 0.6) is 0 Å². The van der Waals surface area contributed by atoms with Crippen LogP contribution >= 0.6 is 0 Å². The molecule has 6 nitrogen and oxygen atoms in total. The van der Waals surface area contributed by atoms with Crippen LogP contribution in [0.3, 0.4) is 0 Å². The zero-order valence-electron chi connectivity index (χ0n) is 12.4. The van der Waals surface area contributed by atoms with Gasteiger partial charge in [-0.2, -0.15) is 5.10 Å². The number of hydrogen-bond acceptors (Lipinski definition) is 3. The number of pyridine rings is 1. The topological polar surface area (TPSA) is 55.4 Å². The van der Waals surface area contributed by atoms with Gasteiger partial charge < -0.3 is 9.47 Å². The van der Waals surface area contributed by atoms with Gasteiger partial charge in [-0.15, -0.1) is 0 Å². The van der Waals surface area contributed by atoms with Crippen molar-refractivity contribution in [2.75, 3.05) is 0 Å². The van der Waals surface area contributed by atoms with Crippen LogP contribution in [-0.4, -0.2) is 36.0 Å². The van der Waals surface area contributed by atoms with Crippen molar-refractivity contribution in [1.29, 1.82) is 0 Å². The predicted molar refractivity (Wildman–Crippen MR) is 81.3 cm³/mol. The summed E-state index contributed by atoms with van der Waals surface area (Å²) >= 11 is 0. The molecule has 0 N–H and O–H groups in total. The van der Waals surface area contributed by atoms with Gasteiger partial charge in [-0.25, -0.2) is 9.50 Å². The van der Waals surface area contributed by atoms with Crippen LogP contribution in [-0.2, 0) is 13.6 Å². The molecule has 6 heteroatoms. The molecule has 0 spiro atoms. The summed E-state index contributed by atoms with van der Waals surface area (Å²) in [7, 11) is 1.95. The fraction of sp³-hybridized carbons (Fsp3) is 0.312. The Balaban J connectivity index is 1.64. The van der Waals surface area contributed by atoms with Crippen molar-refractivity contribution < 1.29 is 4.79 Å². The quantitative estimate of drug-likeness (QED) is 0.738. The molecule has 1 amide bonds. The highest BCUT2D eigenvalue weighted by Gasteiger charge is 2.33. The maximum absolute atomic E-state index is 12.9. The van der Waals surface area contributed by atoms with E-state index in [-0.39, 0.29) is 5.91 Å². The number of nitrogens with zero attached hydrogens (tertiary/aromatic N) is 5. The molecule has 0 aromatic carbocycles. The summed E-state index contributed by atoms with van der Waals surface area (Å²) < 4.78 is 3.72. The minimum atomic E-state index is 0.0763. The molecule has 0 atom stereocenters. The Morgan fingerprint density at radius 2 is 2.27 bits per heavy atom. The Kier molecular flexibility index (Phi) is 2.96. The van der Waals surface area contributed by atoms with E-state index >= 15 is 0 Å². The maximum atomic E-state index is 12.9. The van der Waals surface area contributed by atoms with E-state index in [1.165, 1.54) is 0 Å². The number of fused-ring (bicyclic) bond motifs is 1. The van der Waals surface area contributed by atoms with E-state index in [0.29, 0.717) is 18.2 Å². The van der Waals surface area contributed by atoms with Gasteiger partial charge in [0.2, 0.25) is 0 Å². The van der Waals surface area contributed by atoms with Crippen LogP contribution in [0.15, 0.2) is 43.1 Å². The molecule has 0 radical (unpaired) electrons. The van der Waals surface area contributed by atoms with Gasteiger partial charge in [-0.05, 0) is 31.0 Å². The Morgan fingerprint density at radius 3 is 3.00 bits per heavy atom. The lowest BCUT2D eigenvalue weighted by Crippen LogP contribution is -2.33. The molecule has 0 aliphatic heterocycles. The van der Waals surface area contributed by atoms with Crippen LogP contribution in [0.4, 0.5) is 0 Å². The Morgan fingerprint density at radius 1 is 1.41 bits per heavy atom. The molecular formula is C16H17N5O. The molecule has 1 aliphatic rings.